The topological polar surface area (TPSA) is 93.0 Å². The van der Waals surface area contributed by atoms with Crippen molar-refractivity contribution in [3.63, 3.8) is 0 Å². The lowest BCUT2D eigenvalue weighted by Crippen LogP contribution is -2.31. The number of anilines is 1. The summed E-state index contributed by atoms with van der Waals surface area (Å²) in [6, 6.07) is 3.31. The first-order chi connectivity index (χ1) is 11.9. The van der Waals surface area contributed by atoms with Crippen LogP contribution in [0.2, 0.25) is 5.28 Å². The van der Waals surface area contributed by atoms with Gasteiger partial charge < -0.3 is 9.88 Å². The van der Waals surface area contributed by atoms with E-state index in [1.54, 1.807) is 30.9 Å². The molecule has 3 rings (SSSR count). The molecular weight excluding hydrogens is 384 g/mol. The fourth-order valence-corrected chi connectivity index (χ4v) is 4.83. The molecule has 3 aromatic heterocycles. The van der Waals surface area contributed by atoms with E-state index in [0.29, 0.717) is 34.3 Å². The Morgan fingerprint density at radius 3 is 2.88 bits per heavy atom. The van der Waals surface area contributed by atoms with Gasteiger partial charge in [0.1, 0.15) is 4.21 Å². The Labute approximate surface area is 154 Å². The van der Waals surface area contributed by atoms with Gasteiger partial charge in [0.2, 0.25) is 5.28 Å². The van der Waals surface area contributed by atoms with Crippen molar-refractivity contribution in [3.05, 3.63) is 29.1 Å². The van der Waals surface area contributed by atoms with Crippen LogP contribution < -0.4 is 5.32 Å². The summed E-state index contributed by atoms with van der Waals surface area (Å²) in [6.45, 7) is 3.33. The summed E-state index contributed by atoms with van der Waals surface area (Å²) in [7, 11) is -1.92. The zero-order chi connectivity index (χ0) is 18.0. The van der Waals surface area contributed by atoms with Gasteiger partial charge in [-0.2, -0.15) is 14.3 Å². The second kappa shape index (κ2) is 7.24. The molecule has 25 heavy (non-hydrogen) atoms. The summed E-state index contributed by atoms with van der Waals surface area (Å²) in [5, 5.41) is 4.95. The lowest BCUT2D eigenvalue weighted by molar-refractivity contribution is 0.482. The van der Waals surface area contributed by atoms with E-state index in [0.717, 1.165) is 0 Å². The maximum Gasteiger partial charge on any atom is 0.252 e. The van der Waals surface area contributed by atoms with Crippen LogP contribution in [0.1, 0.15) is 6.92 Å². The molecule has 0 saturated heterocycles. The number of likely N-dealkylation sites (N-methyl/N-ethyl adjacent to an activating group) is 1. The smallest absolute Gasteiger partial charge is 0.252 e. The molecule has 0 radical (unpaired) electrons. The van der Waals surface area contributed by atoms with Gasteiger partial charge >= 0.3 is 0 Å². The van der Waals surface area contributed by atoms with Gasteiger partial charge in [0.05, 0.1) is 6.33 Å². The first kappa shape index (κ1) is 18.1. The Morgan fingerprint density at radius 1 is 1.40 bits per heavy atom. The van der Waals surface area contributed by atoms with Crippen molar-refractivity contribution in [1.82, 2.24) is 23.8 Å². The van der Waals surface area contributed by atoms with Crippen molar-refractivity contribution in [3.8, 4) is 0 Å². The molecule has 0 spiro atoms. The number of halogens is 1. The Balaban J connectivity index is 1.72. The highest BCUT2D eigenvalue weighted by Gasteiger charge is 2.21. The van der Waals surface area contributed by atoms with Gasteiger partial charge in [-0.05, 0) is 30.0 Å². The summed E-state index contributed by atoms with van der Waals surface area (Å²) < 4.78 is 28.3. The third-order valence-corrected chi connectivity index (χ3v) is 7.05. The number of hydrogen-bond acceptors (Lipinski definition) is 7. The average Bonchev–Trinajstić information content (AvgIpc) is 3.24. The molecular formula is C14H17ClN6O2S2. The summed E-state index contributed by atoms with van der Waals surface area (Å²) in [6.07, 6.45) is 1.67. The van der Waals surface area contributed by atoms with Crippen LogP contribution in [0.15, 0.2) is 28.0 Å². The molecule has 0 amide bonds. The predicted octanol–water partition coefficient (Wildman–Crippen LogP) is 2.29. The number of rotatable bonds is 7. The highest BCUT2D eigenvalue weighted by Crippen LogP contribution is 2.22. The van der Waals surface area contributed by atoms with E-state index >= 15 is 0 Å². The minimum absolute atomic E-state index is 0.116. The van der Waals surface area contributed by atoms with Crippen molar-refractivity contribution < 1.29 is 8.42 Å². The normalized spacial score (nSPS) is 12.2. The number of sulfonamides is 1. The lowest BCUT2D eigenvalue weighted by atomic mass is 10.4. The summed E-state index contributed by atoms with van der Waals surface area (Å²) in [5.41, 5.74) is 1.25. The van der Waals surface area contributed by atoms with E-state index in [-0.39, 0.29) is 11.8 Å². The standard InChI is InChI=1S/C14H17ClN6O2S2/c1-3-21-9-17-11-12(18-14(15)19-13(11)21)16-6-7-20(2)25(22,23)10-5-4-8-24-10/h4-5,8-9H,3,6-7H2,1-2H3,(H,16,18,19). The molecule has 3 aromatic rings. The Morgan fingerprint density at radius 2 is 2.20 bits per heavy atom. The number of imidazole rings is 1. The molecule has 0 aliphatic carbocycles. The molecule has 11 heteroatoms. The molecule has 0 fully saturated rings. The summed E-state index contributed by atoms with van der Waals surface area (Å²) in [4.78, 5) is 12.7. The van der Waals surface area contributed by atoms with E-state index in [1.807, 2.05) is 11.5 Å². The second-order valence-corrected chi connectivity index (χ2v) is 8.79. The van der Waals surface area contributed by atoms with Crippen LogP contribution in [0.5, 0.6) is 0 Å². The number of hydrogen-bond donors (Lipinski definition) is 1. The van der Waals surface area contributed by atoms with Gasteiger partial charge in [-0.3, -0.25) is 0 Å². The molecule has 8 nitrogen and oxygen atoms in total. The zero-order valence-corrected chi connectivity index (χ0v) is 16.1. The molecule has 0 aliphatic heterocycles. The van der Waals surface area contributed by atoms with Crippen molar-refractivity contribution >= 4 is 49.9 Å². The molecule has 0 bridgehead atoms. The number of fused-ring (bicyclic) bond motifs is 1. The highest BCUT2D eigenvalue weighted by atomic mass is 35.5. The maximum atomic E-state index is 12.4. The number of aryl methyl sites for hydroxylation is 1. The minimum Gasteiger partial charge on any atom is -0.367 e. The van der Waals surface area contributed by atoms with Gasteiger partial charge in [0, 0.05) is 26.7 Å². The quantitative estimate of drug-likeness (QED) is 0.611. The van der Waals surface area contributed by atoms with Gasteiger partial charge in [0.15, 0.2) is 17.0 Å². The lowest BCUT2D eigenvalue weighted by Gasteiger charge is -2.16. The van der Waals surface area contributed by atoms with E-state index in [2.05, 4.69) is 20.3 Å². The monoisotopic (exact) mass is 400 g/mol. The highest BCUT2D eigenvalue weighted by molar-refractivity contribution is 7.91. The summed E-state index contributed by atoms with van der Waals surface area (Å²) in [5.74, 6) is 0.490. The van der Waals surface area contributed by atoms with Crippen LogP contribution in [-0.2, 0) is 16.6 Å². The fraction of sp³-hybridized carbons (Fsp3) is 0.357. The molecule has 134 valence electrons. The molecule has 1 N–H and O–H groups in total. The Hall–Kier alpha value is -1.75. The predicted molar refractivity (Wildman–Crippen MR) is 98.6 cm³/mol. The second-order valence-electron chi connectivity index (χ2n) is 5.23. The number of thiophene rings is 1. The van der Waals surface area contributed by atoms with E-state index in [1.165, 1.54) is 15.6 Å². The Bertz CT molecular complexity index is 971. The van der Waals surface area contributed by atoms with Crippen LogP contribution in [-0.4, -0.2) is 52.4 Å². The SMILES string of the molecule is CCn1cnc2c(NCCN(C)S(=O)(=O)c3cccs3)nc(Cl)nc21. The number of aromatic nitrogens is 4. The van der Waals surface area contributed by atoms with Crippen molar-refractivity contribution in [2.24, 2.45) is 0 Å². The maximum absolute atomic E-state index is 12.4. The van der Waals surface area contributed by atoms with Crippen molar-refractivity contribution in [2.75, 3.05) is 25.5 Å². The van der Waals surface area contributed by atoms with Crippen LogP contribution in [0.3, 0.4) is 0 Å². The largest absolute Gasteiger partial charge is 0.367 e. The van der Waals surface area contributed by atoms with E-state index in [9.17, 15) is 8.42 Å². The first-order valence-corrected chi connectivity index (χ1v) is 10.3. The van der Waals surface area contributed by atoms with Crippen LogP contribution in [0, 0.1) is 0 Å². The fourth-order valence-electron chi connectivity index (χ4n) is 2.29. The molecule has 3 heterocycles. The van der Waals surface area contributed by atoms with E-state index in [4.69, 9.17) is 11.6 Å². The van der Waals surface area contributed by atoms with Gasteiger partial charge in [0.25, 0.3) is 10.0 Å². The summed E-state index contributed by atoms with van der Waals surface area (Å²) >= 11 is 7.18. The van der Waals surface area contributed by atoms with Crippen LogP contribution in [0.25, 0.3) is 11.2 Å². The average molecular weight is 401 g/mol. The van der Waals surface area contributed by atoms with Gasteiger partial charge in [-0.25, -0.2) is 13.4 Å². The number of nitrogens with zero attached hydrogens (tertiary/aromatic N) is 5. The van der Waals surface area contributed by atoms with Gasteiger partial charge in [-0.15, -0.1) is 11.3 Å². The van der Waals surface area contributed by atoms with Crippen LogP contribution in [0.4, 0.5) is 5.82 Å². The molecule has 0 unspecified atom stereocenters. The van der Waals surface area contributed by atoms with E-state index < -0.39 is 10.0 Å². The van der Waals surface area contributed by atoms with Gasteiger partial charge in [-0.1, -0.05) is 6.07 Å². The van der Waals surface area contributed by atoms with Crippen molar-refractivity contribution in [1.29, 1.82) is 0 Å². The third-order valence-electron chi connectivity index (χ3n) is 3.66. The molecule has 0 aromatic carbocycles. The zero-order valence-electron chi connectivity index (χ0n) is 13.7. The molecule has 0 atom stereocenters. The first-order valence-electron chi connectivity index (χ1n) is 7.55. The molecule has 0 saturated carbocycles. The Kier molecular flexibility index (Phi) is 5.23. The third kappa shape index (κ3) is 3.61. The van der Waals surface area contributed by atoms with Crippen LogP contribution >= 0.6 is 22.9 Å². The number of nitrogens with one attached hydrogen (secondary N) is 1. The van der Waals surface area contributed by atoms with Crippen molar-refractivity contribution in [2.45, 2.75) is 17.7 Å². The molecule has 0 aliphatic rings. The minimum atomic E-state index is -3.47.